The van der Waals surface area contributed by atoms with Crippen molar-refractivity contribution in [1.29, 1.82) is 0 Å². The number of benzene rings is 1. The van der Waals surface area contributed by atoms with Gasteiger partial charge in [-0.15, -0.1) is 0 Å². The van der Waals surface area contributed by atoms with Gasteiger partial charge in [0.05, 0.1) is 10.8 Å². The lowest BCUT2D eigenvalue weighted by Crippen LogP contribution is -1.96. The van der Waals surface area contributed by atoms with Gasteiger partial charge >= 0.3 is 0 Å². The van der Waals surface area contributed by atoms with Crippen molar-refractivity contribution in [2.45, 2.75) is 23.0 Å². The zero-order chi connectivity index (χ0) is 7.68. The van der Waals surface area contributed by atoms with E-state index < -0.39 is 10.8 Å². The minimum atomic E-state index is -0.724. The van der Waals surface area contributed by atoms with Gasteiger partial charge in [0.1, 0.15) is 0 Å². The molecule has 0 spiro atoms. The Morgan fingerprint density at radius 1 is 1.18 bits per heavy atom. The molecule has 0 aliphatic heterocycles. The SMILES string of the molecule is O=[S@](c1ccccc1)C1CC1. The molecule has 0 amide bonds. The summed E-state index contributed by atoms with van der Waals surface area (Å²) in [6.45, 7) is 0. The summed E-state index contributed by atoms with van der Waals surface area (Å²) in [5.74, 6) is 0. The molecule has 1 nitrogen and oxygen atoms in total. The zero-order valence-corrected chi connectivity index (χ0v) is 7.01. The van der Waals surface area contributed by atoms with E-state index in [1.807, 2.05) is 30.3 Å². The topological polar surface area (TPSA) is 17.1 Å². The van der Waals surface area contributed by atoms with Crippen LogP contribution in [0.5, 0.6) is 0 Å². The third kappa shape index (κ3) is 1.51. The second-order valence-corrected chi connectivity index (χ2v) is 4.54. The largest absolute Gasteiger partial charge is 0.254 e. The molecule has 0 radical (unpaired) electrons. The second kappa shape index (κ2) is 2.78. The maximum absolute atomic E-state index is 11.5. The Kier molecular flexibility index (Phi) is 1.78. The number of hydrogen-bond acceptors (Lipinski definition) is 1. The first kappa shape index (κ1) is 7.04. The van der Waals surface area contributed by atoms with Gasteiger partial charge in [0.15, 0.2) is 0 Å². The number of hydrogen-bond donors (Lipinski definition) is 0. The molecule has 2 rings (SSSR count). The van der Waals surface area contributed by atoms with Gasteiger partial charge in [-0.25, -0.2) is 0 Å². The molecule has 0 N–H and O–H groups in total. The minimum absolute atomic E-state index is 0.456. The van der Waals surface area contributed by atoms with E-state index in [-0.39, 0.29) is 0 Å². The van der Waals surface area contributed by atoms with Crippen LogP contribution in [0.1, 0.15) is 12.8 Å². The molecule has 1 aromatic rings. The van der Waals surface area contributed by atoms with Crippen molar-refractivity contribution in [3.63, 3.8) is 0 Å². The summed E-state index contributed by atoms with van der Waals surface area (Å²) in [6.07, 6.45) is 2.28. The lowest BCUT2D eigenvalue weighted by atomic mass is 10.4. The molecule has 1 aromatic carbocycles. The molecule has 1 atom stereocenters. The average Bonchev–Trinajstić information content (AvgIpc) is 2.87. The predicted molar refractivity (Wildman–Crippen MR) is 45.9 cm³/mol. The van der Waals surface area contributed by atoms with Crippen molar-refractivity contribution >= 4 is 10.8 Å². The molecular weight excluding hydrogens is 156 g/mol. The average molecular weight is 166 g/mol. The van der Waals surface area contributed by atoms with E-state index in [0.29, 0.717) is 5.25 Å². The fourth-order valence-corrected chi connectivity index (χ4v) is 2.40. The Labute approximate surface area is 68.9 Å². The van der Waals surface area contributed by atoms with E-state index in [1.165, 1.54) is 0 Å². The van der Waals surface area contributed by atoms with Crippen molar-refractivity contribution < 1.29 is 4.21 Å². The quantitative estimate of drug-likeness (QED) is 0.656. The van der Waals surface area contributed by atoms with E-state index in [9.17, 15) is 4.21 Å². The fraction of sp³-hybridized carbons (Fsp3) is 0.333. The van der Waals surface area contributed by atoms with E-state index in [2.05, 4.69) is 0 Å². The Morgan fingerprint density at radius 2 is 1.82 bits per heavy atom. The van der Waals surface area contributed by atoms with Gasteiger partial charge in [-0.05, 0) is 25.0 Å². The van der Waals surface area contributed by atoms with Gasteiger partial charge < -0.3 is 0 Å². The van der Waals surface area contributed by atoms with Crippen molar-refractivity contribution in [2.75, 3.05) is 0 Å². The summed E-state index contributed by atoms with van der Waals surface area (Å²) in [4.78, 5) is 0.981. The van der Waals surface area contributed by atoms with Crippen molar-refractivity contribution in [1.82, 2.24) is 0 Å². The Bertz CT molecular complexity index is 264. The molecule has 0 aromatic heterocycles. The van der Waals surface area contributed by atoms with Crippen LogP contribution in [-0.4, -0.2) is 9.46 Å². The Morgan fingerprint density at radius 3 is 2.36 bits per heavy atom. The van der Waals surface area contributed by atoms with Crippen LogP contribution >= 0.6 is 0 Å². The molecule has 0 bridgehead atoms. The van der Waals surface area contributed by atoms with Crippen LogP contribution in [0.4, 0.5) is 0 Å². The van der Waals surface area contributed by atoms with Gasteiger partial charge in [-0.1, -0.05) is 18.2 Å². The Hall–Kier alpha value is -0.630. The summed E-state index contributed by atoms with van der Waals surface area (Å²) in [7, 11) is -0.724. The predicted octanol–water partition coefficient (Wildman–Crippen LogP) is 1.96. The van der Waals surface area contributed by atoms with Crippen LogP contribution in [0.2, 0.25) is 0 Å². The highest BCUT2D eigenvalue weighted by Gasteiger charge is 2.28. The summed E-state index contributed by atoms with van der Waals surface area (Å²) < 4.78 is 11.5. The molecule has 1 fully saturated rings. The van der Waals surface area contributed by atoms with Crippen LogP contribution in [0.25, 0.3) is 0 Å². The monoisotopic (exact) mass is 166 g/mol. The summed E-state index contributed by atoms with van der Waals surface area (Å²) in [5, 5.41) is 0.456. The summed E-state index contributed by atoms with van der Waals surface area (Å²) >= 11 is 0. The van der Waals surface area contributed by atoms with Gasteiger partial charge in [0.25, 0.3) is 0 Å². The van der Waals surface area contributed by atoms with Gasteiger partial charge in [-0.2, -0.15) is 0 Å². The normalized spacial score (nSPS) is 19.6. The highest BCUT2D eigenvalue weighted by Crippen LogP contribution is 2.29. The second-order valence-electron chi connectivity index (χ2n) is 2.81. The summed E-state index contributed by atoms with van der Waals surface area (Å²) in [6, 6.07) is 9.71. The standard InChI is InChI=1S/C9H10OS/c10-11(9-6-7-9)8-4-2-1-3-5-8/h1-5,9H,6-7H2/t11-/m1/s1. The maximum atomic E-state index is 11.5. The molecule has 2 heteroatoms. The molecule has 11 heavy (non-hydrogen) atoms. The van der Waals surface area contributed by atoms with Gasteiger partial charge in [0.2, 0.25) is 0 Å². The van der Waals surface area contributed by atoms with E-state index in [1.54, 1.807) is 0 Å². The molecule has 1 aliphatic carbocycles. The van der Waals surface area contributed by atoms with Crippen LogP contribution < -0.4 is 0 Å². The smallest absolute Gasteiger partial charge is 0.0560 e. The Balaban J connectivity index is 2.22. The van der Waals surface area contributed by atoms with Crippen molar-refractivity contribution in [3.8, 4) is 0 Å². The first-order valence-electron chi connectivity index (χ1n) is 3.83. The van der Waals surface area contributed by atoms with Crippen LogP contribution in [0.15, 0.2) is 35.2 Å². The summed E-state index contributed by atoms with van der Waals surface area (Å²) in [5.41, 5.74) is 0. The first-order valence-corrected chi connectivity index (χ1v) is 5.05. The van der Waals surface area contributed by atoms with E-state index >= 15 is 0 Å². The molecule has 1 aliphatic rings. The number of rotatable bonds is 2. The third-order valence-electron chi connectivity index (χ3n) is 1.80. The zero-order valence-electron chi connectivity index (χ0n) is 6.19. The van der Waals surface area contributed by atoms with Crippen molar-refractivity contribution in [2.24, 2.45) is 0 Å². The highest BCUT2D eigenvalue weighted by atomic mass is 32.2. The molecular formula is C9H10OS. The first-order chi connectivity index (χ1) is 5.38. The minimum Gasteiger partial charge on any atom is -0.254 e. The molecule has 0 heterocycles. The fourth-order valence-electron chi connectivity index (χ4n) is 1.03. The maximum Gasteiger partial charge on any atom is 0.0560 e. The van der Waals surface area contributed by atoms with Crippen LogP contribution in [0.3, 0.4) is 0 Å². The molecule has 0 unspecified atom stereocenters. The highest BCUT2D eigenvalue weighted by molar-refractivity contribution is 7.86. The van der Waals surface area contributed by atoms with Crippen LogP contribution in [0, 0.1) is 0 Å². The van der Waals surface area contributed by atoms with Gasteiger partial charge in [-0.3, -0.25) is 4.21 Å². The van der Waals surface area contributed by atoms with Crippen molar-refractivity contribution in [3.05, 3.63) is 30.3 Å². The third-order valence-corrected chi connectivity index (χ3v) is 3.62. The van der Waals surface area contributed by atoms with E-state index in [0.717, 1.165) is 17.7 Å². The molecule has 58 valence electrons. The van der Waals surface area contributed by atoms with Crippen LogP contribution in [-0.2, 0) is 10.8 Å². The molecule has 1 saturated carbocycles. The molecule has 0 saturated heterocycles. The van der Waals surface area contributed by atoms with E-state index in [4.69, 9.17) is 0 Å². The lowest BCUT2D eigenvalue weighted by Gasteiger charge is -1.96. The van der Waals surface area contributed by atoms with Gasteiger partial charge in [0, 0.05) is 10.1 Å². The lowest BCUT2D eigenvalue weighted by molar-refractivity contribution is 0.682.